The van der Waals surface area contributed by atoms with Crippen LogP contribution in [0.1, 0.15) is 49.4 Å². The fourth-order valence-corrected chi connectivity index (χ4v) is 8.71. The van der Waals surface area contributed by atoms with Crippen LogP contribution in [-0.4, -0.2) is 15.9 Å². The van der Waals surface area contributed by atoms with Gasteiger partial charge in [-0.15, -0.1) is 9.24 Å². The molecule has 2 aromatic heterocycles. The maximum absolute atomic E-state index is 5.50. The molecule has 2 heterocycles. The van der Waals surface area contributed by atoms with Crippen LogP contribution in [0.25, 0.3) is 66.1 Å². The van der Waals surface area contributed by atoms with Gasteiger partial charge in [-0.2, -0.15) is 0 Å². The van der Waals surface area contributed by atoms with Gasteiger partial charge in [0.25, 0.3) is 0 Å². The average molecular weight is 774 g/mol. The van der Waals surface area contributed by atoms with Crippen molar-refractivity contribution in [2.24, 2.45) is 0 Å². The van der Waals surface area contributed by atoms with E-state index in [0.717, 1.165) is 6.42 Å². The predicted molar refractivity (Wildman–Crippen MR) is 257 cm³/mol. The van der Waals surface area contributed by atoms with Gasteiger partial charge in [0.15, 0.2) is 0 Å². The normalized spacial score (nSPS) is 12.5. The summed E-state index contributed by atoms with van der Waals surface area (Å²) in [5, 5.41) is 10.8. The number of aryl methyl sites for hydroxylation is 2. The Morgan fingerprint density at radius 1 is 0.569 bits per heavy atom. The van der Waals surface area contributed by atoms with Gasteiger partial charge in [-0.05, 0) is 85.6 Å². The Kier molecular flexibility index (Phi) is 12.0. The van der Waals surface area contributed by atoms with Crippen molar-refractivity contribution in [1.82, 2.24) is 9.13 Å². The first-order valence-corrected chi connectivity index (χ1v) is 20.7. The summed E-state index contributed by atoms with van der Waals surface area (Å²) in [7, 11) is 2.52. The van der Waals surface area contributed by atoms with E-state index in [0.29, 0.717) is 0 Å². The molecule has 1 aliphatic carbocycles. The zero-order chi connectivity index (χ0) is 40.8. The quantitative estimate of drug-likeness (QED) is 0.105. The minimum absolute atomic E-state index is 0.156. The Labute approximate surface area is 345 Å². The van der Waals surface area contributed by atoms with Crippen LogP contribution in [0.3, 0.4) is 0 Å². The van der Waals surface area contributed by atoms with Crippen LogP contribution in [0.4, 0.5) is 0 Å². The standard InChI is InChI=1S/C40H30N2.C7H8.C6H11P.CH3N/c1-25-21-23-27(24-22-25)42-33-20-12-9-17-30(33)36-37-34(28-15-7-10-18-31(28)40(37,2)3)35-29-16-8-11-19-32(29)41(38(35)39(36)42)26-13-5-4-6-14-26;1-7-5-3-2-4-6-7;1-2-3-4-5-6-7;1-2/h4-24H,1-3H3;2-6H,1H3;3-6H,2,7H2,1H3;2H,1H2/b;;4-3-,6-5-;. The lowest BCUT2D eigenvalue weighted by molar-refractivity contribution is 0.667. The summed E-state index contributed by atoms with van der Waals surface area (Å²) < 4.78 is 5.02. The second kappa shape index (κ2) is 17.5. The number of hydrogen-bond donors (Lipinski definition) is 1. The first kappa shape index (κ1) is 39.9. The lowest BCUT2D eigenvalue weighted by Gasteiger charge is -2.23. The average Bonchev–Trinajstić information content (AvgIpc) is 3.87. The van der Waals surface area contributed by atoms with Crippen molar-refractivity contribution < 1.29 is 0 Å². The smallest absolute Gasteiger partial charge is 0.0795 e. The number of nitrogens with one attached hydrogen (secondary N) is 1. The zero-order valence-corrected chi connectivity index (χ0v) is 35.4. The molecule has 7 aromatic carbocycles. The minimum Gasteiger partial charge on any atom is -0.317 e. The van der Waals surface area contributed by atoms with Crippen LogP contribution in [-0.2, 0) is 5.41 Å². The van der Waals surface area contributed by atoms with Crippen LogP contribution in [0.5, 0.6) is 0 Å². The summed E-state index contributed by atoms with van der Waals surface area (Å²) in [6.45, 7) is 13.7. The predicted octanol–water partition coefficient (Wildman–Crippen LogP) is 15.1. The largest absolute Gasteiger partial charge is 0.317 e. The molecule has 1 unspecified atom stereocenters. The Hall–Kier alpha value is -6.28. The minimum atomic E-state index is -0.156. The first-order chi connectivity index (χ1) is 28.4. The third kappa shape index (κ3) is 7.12. The van der Waals surface area contributed by atoms with E-state index >= 15 is 0 Å². The van der Waals surface area contributed by atoms with Crippen molar-refractivity contribution in [2.45, 2.75) is 46.5 Å². The Balaban J connectivity index is 0.000000272. The highest BCUT2D eigenvalue weighted by Gasteiger charge is 2.41. The molecule has 1 atom stereocenters. The lowest BCUT2D eigenvalue weighted by atomic mass is 9.80. The van der Waals surface area contributed by atoms with Gasteiger partial charge in [0.1, 0.15) is 0 Å². The molecule has 3 nitrogen and oxygen atoms in total. The Bertz CT molecular complexity index is 2890. The van der Waals surface area contributed by atoms with Gasteiger partial charge in [-0.1, -0.05) is 177 Å². The van der Waals surface area contributed by atoms with E-state index in [1.54, 1.807) is 0 Å². The molecule has 0 fully saturated rings. The summed E-state index contributed by atoms with van der Waals surface area (Å²) >= 11 is 0. The number of benzene rings is 7. The molecule has 0 radical (unpaired) electrons. The van der Waals surface area contributed by atoms with Crippen molar-refractivity contribution in [3.8, 4) is 22.5 Å². The highest BCUT2D eigenvalue weighted by Crippen LogP contribution is 2.58. The summed E-state index contributed by atoms with van der Waals surface area (Å²) in [6, 6.07) is 57.2. The number of nitrogens with zero attached hydrogens (tertiary/aromatic N) is 2. The molecular formula is C54H52N3P. The van der Waals surface area contributed by atoms with Gasteiger partial charge in [0.2, 0.25) is 0 Å². The van der Waals surface area contributed by atoms with E-state index in [4.69, 9.17) is 5.41 Å². The van der Waals surface area contributed by atoms with E-state index in [2.05, 4.69) is 205 Å². The van der Waals surface area contributed by atoms with Gasteiger partial charge in [0.05, 0.1) is 22.1 Å². The highest BCUT2D eigenvalue weighted by atomic mass is 31.0. The Morgan fingerprint density at radius 2 is 1.05 bits per heavy atom. The van der Waals surface area contributed by atoms with Crippen LogP contribution in [0.2, 0.25) is 0 Å². The second-order valence-electron chi connectivity index (χ2n) is 15.1. The fourth-order valence-electron chi connectivity index (χ4n) is 8.58. The SMILES string of the molecule is C=N.CC/C=C\C=C/P.Cc1ccc(-n2c3ccccc3c3c4c(c5c6ccccc6n(-c6ccccc6)c5c32)-c2ccccc2C4(C)C)cc1.Cc1ccccc1. The van der Waals surface area contributed by atoms with Crippen LogP contribution < -0.4 is 0 Å². The van der Waals surface area contributed by atoms with Gasteiger partial charge < -0.3 is 14.5 Å². The monoisotopic (exact) mass is 773 g/mol. The number of allylic oxidation sites excluding steroid dienone is 3. The third-order valence-electron chi connectivity index (χ3n) is 11.1. The maximum atomic E-state index is 5.50. The molecular weight excluding hydrogens is 722 g/mol. The molecule has 1 aliphatic rings. The van der Waals surface area contributed by atoms with Gasteiger partial charge in [-0.3, -0.25) is 0 Å². The third-order valence-corrected chi connectivity index (χ3v) is 11.3. The summed E-state index contributed by atoms with van der Waals surface area (Å²) in [4.78, 5) is 0. The summed E-state index contributed by atoms with van der Waals surface area (Å²) in [5.74, 6) is 1.94. The molecule has 288 valence electrons. The van der Waals surface area contributed by atoms with E-state index in [1.807, 2.05) is 36.2 Å². The van der Waals surface area contributed by atoms with Crippen molar-refractivity contribution in [1.29, 1.82) is 5.41 Å². The van der Waals surface area contributed by atoms with Crippen molar-refractivity contribution in [2.75, 3.05) is 0 Å². The van der Waals surface area contributed by atoms with Gasteiger partial charge in [0, 0.05) is 38.3 Å². The second-order valence-corrected chi connectivity index (χ2v) is 15.5. The van der Waals surface area contributed by atoms with E-state index in [-0.39, 0.29) is 5.41 Å². The van der Waals surface area contributed by atoms with Crippen LogP contribution in [0, 0.1) is 19.3 Å². The van der Waals surface area contributed by atoms with E-state index in [1.165, 1.54) is 88.4 Å². The molecule has 4 heteroatoms. The van der Waals surface area contributed by atoms with Crippen molar-refractivity contribution >= 4 is 59.6 Å². The molecule has 0 saturated heterocycles. The summed E-state index contributed by atoms with van der Waals surface area (Å²) in [6.07, 6.45) is 7.26. The molecule has 0 amide bonds. The molecule has 0 aliphatic heterocycles. The maximum Gasteiger partial charge on any atom is 0.0795 e. The zero-order valence-electron chi connectivity index (χ0n) is 34.2. The van der Waals surface area contributed by atoms with E-state index < -0.39 is 0 Å². The summed E-state index contributed by atoms with van der Waals surface area (Å²) in [5.41, 5.74) is 15.4. The fraction of sp³-hybridized carbons (Fsp3) is 0.130. The molecule has 9 aromatic rings. The topological polar surface area (TPSA) is 33.7 Å². The molecule has 0 bridgehead atoms. The Morgan fingerprint density at radius 3 is 1.62 bits per heavy atom. The van der Waals surface area contributed by atoms with Gasteiger partial charge in [-0.25, -0.2) is 0 Å². The van der Waals surface area contributed by atoms with Crippen LogP contribution in [0.15, 0.2) is 182 Å². The molecule has 0 saturated carbocycles. The molecule has 58 heavy (non-hydrogen) atoms. The van der Waals surface area contributed by atoms with Crippen molar-refractivity contribution in [3.63, 3.8) is 0 Å². The molecule has 10 rings (SSSR count). The molecule has 1 N–H and O–H groups in total. The van der Waals surface area contributed by atoms with Crippen LogP contribution >= 0.6 is 9.24 Å². The number of hydrogen-bond acceptors (Lipinski definition) is 1. The number of fused-ring (bicyclic) bond motifs is 12. The van der Waals surface area contributed by atoms with Gasteiger partial charge >= 0.3 is 0 Å². The number of aromatic nitrogens is 2. The highest BCUT2D eigenvalue weighted by molar-refractivity contribution is 7.20. The lowest BCUT2D eigenvalue weighted by Crippen LogP contribution is -2.15. The first-order valence-electron chi connectivity index (χ1n) is 20.0. The number of rotatable bonds is 4. The number of para-hydroxylation sites is 3. The molecule has 0 spiro atoms. The van der Waals surface area contributed by atoms with Crippen molar-refractivity contribution in [3.05, 3.63) is 204 Å². The van der Waals surface area contributed by atoms with E-state index in [9.17, 15) is 0 Å².